The van der Waals surface area contributed by atoms with Crippen molar-refractivity contribution in [3.05, 3.63) is 48.0 Å². The summed E-state index contributed by atoms with van der Waals surface area (Å²) in [6, 6.07) is 8.14. The van der Waals surface area contributed by atoms with Gasteiger partial charge in [0.25, 0.3) is 0 Å². The molecular formula is C20H30N6O. The van der Waals surface area contributed by atoms with Crippen LogP contribution in [0.25, 0.3) is 0 Å². The normalized spacial score (nSPS) is 15.8. The lowest BCUT2D eigenvalue weighted by Crippen LogP contribution is -2.46. The molecule has 1 aliphatic heterocycles. The zero-order chi connectivity index (χ0) is 18.9. The van der Waals surface area contributed by atoms with Crippen LogP contribution in [-0.2, 0) is 13.0 Å². The van der Waals surface area contributed by atoms with E-state index in [2.05, 4.69) is 49.5 Å². The van der Waals surface area contributed by atoms with Crippen molar-refractivity contribution in [2.75, 3.05) is 51.2 Å². The van der Waals surface area contributed by atoms with Crippen molar-refractivity contribution in [1.82, 2.24) is 20.5 Å². The number of likely N-dealkylation sites (N-methyl/N-ethyl adjacent to an activating group) is 1. The maximum atomic E-state index is 5.34. The summed E-state index contributed by atoms with van der Waals surface area (Å²) in [5.41, 5.74) is 1.14. The van der Waals surface area contributed by atoms with E-state index in [4.69, 9.17) is 4.42 Å². The minimum atomic E-state index is 0.692. The topological polar surface area (TPSA) is 68.9 Å². The first-order chi connectivity index (χ1) is 13.3. The molecule has 0 bridgehead atoms. The number of aliphatic imine (C=N–C) groups is 1. The average Bonchev–Trinajstić information content (AvgIpc) is 3.24. The van der Waals surface area contributed by atoms with Gasteiger partial charge in [-0.05, 0) is 30.3 Å². The zero-order valence-electron chi connectivity index (χ0n) is 16.3. The second kappa shape index (κ2) is 9.97. The summed E-state index contributed by atoms with van der Waals surface area (Å²) in [6.07, 6.45) is 4.47. The lowest BCUT2D eigenvalue weighted by molar-refractivity contribution is 0.270. The molecule has 2 aromatic heterocycles. The van der Waals surface area contributed by atoms with Crippen molar-refractivity contribution < 1.29 is 4.42 Å². The van der Waals surface area contributed by atoms with Gasteiger partial charge in [-0.1, -0.05) is 13.0 Å². The van der Waals surface area contributed by atoms with Crippen LogP contribution in [0.5, 0.6) is 0 Å². The number of guanidine groups is 1. The first-order valence-corrected chi connectivity index (χ1v) is 9.67. The van der Waals surface area contributed by atoms with Crippen molar-refractivity contribution >= 4 is 11.8 Å². The lowest BCUT2D eigenvalue weighted by Gasteiger charge is -2.34. The summed E-state index contributed by atoms with van der Waals surface area (Å²) >= 11 is 0. The SMILES string of the molecule is CCN1CCN(c2ccc(CNC(=NC)NCCc3ccco3)cn2)CC1. The first kappa shape index (κ1) is 19.2. The van der Waals surface area contributed by atoms with Crippen LogP contribution in [0, 0.1) is 0 Å². The molecule has 0 amide bonds. The molecule has 146 valence electrons. The molecule has 3 rings (SSSR count). The summed E-state index contributed by atoms with van der Waals surface area (Å²) in [4.78, 5) is 13.7. The molecule has 0 radical (unpaired) electrons. The van der Waals surface area contributed by atoms with Gasteiger partial charge >= 0.3 is 0 Å². The summed E-state index contributed by atoms with van der Waals surface area (Å²) in [7, 11) is 1.78. The third-order valence-corrected chi connectivity index (χ3v) is 4.88. The number of rotatable bonds is 7. The van der Waals surface area contributed by atoms with Crippen LogP contribution in [0.1, 0.15) is 18.2 Å². The van der Waals surface area contributed by atoms with E-state index in [1.807, 2.05) is 18.3 Å². The predicted octanol–water partition coefficient (Wildman–Crippen LogP) is 1.72. The zero-order valence-corrected chi connectivity index (χ0v) is 16.3. The number of hydrogen-bond acceptors (Lipinski definition) is 5. The van der Waals surface area contributed by atoms with Crippen LogP contribution >= 0.6 is 0 Å². The number of aromatic nitrogens is 1. The van der Waals surface area contributed by atoms with Gasteiger partial charge in [0.1, 0.15) is 11.6 Å². The fourth-order valence-corrected chi connectivity index (χ4v) is 3.17. The minimum absolute atomic E-state index is 0.692. The van der Waals surface area contributed by atoms with E-state index in [1.54, 1.807) is 13.3 Å². The Labute approximate surface area is 161 Å². The summed E-state index contributed by atoms with van der Waals surface area (Å²) in [6.45, 7) is 9.13. The van der Waals surface area contributed by atoms with Crippen LogP contribution in [0.15, 0.2) is 46.1 Å². The number of piperazine rings is 1. The monoisotopic (exact) mass is 370 g/mol. The molecule has 27 heavy (non-hydrogen) atoms. The van der Waals surface area contributed by atoms with Gasteiger partial charge in [0, 0.05) is 58.9 Å². The highest BCUT2D eigenvalue weighted by Crippen LogP contribution is 2.14. The third-order valence-electron chi connectivity index (χ3n) is 4.88. The van der Waals surface area contributed by atoms with Gasteiger partial charge in [0.2, 0.25) is 0 Å². The molecule has 0 spiro atoms. The largest absolute Gasteiger partial charge is 0.469 e. The van der Waals surface area contributed by atoms with Crippen LogP contribution < -0.4 is 15.5 Å². The smallest absolute Gasteiger partial charge is 0.191 e. The number of pyridine rings is 1. The Morgan fingerprint density at radius 2 is 2.04 bits per heavy atom. The van der Waals surface area contributed by atoms with Gasteiger partial charge in [0.15, 0.2) is 5.96 Å². The summed E-state index contributed by atoms with van der Waals surface area (Å²) in [5, 5.41) is 6.62. The van der Waals surface area contributed by atoms with Crippen molar-refractivity contribution in [3.8, 4) is 0 Å². The van der Waals surface area contributed by atoms with Gasteiger partial charge in [0.05, 0.1) is 6.26 Å². The standard InChI is InChI=1S/C20H30N6O/c1-3-25-10-12-26(13-11-25)19-7-6-17(15-23-19)16-24-20(21-2)22-9-8-18-5-4-14-27-18/h4-7,14-15H,3,8-13,16H2,1-2H3,(H2,21,22,24). The first-order valence-electron chi connectivity index (χ1n) is 9.67. The van der Waals surface area contributed by atoms with Crippen LogP contribution in [-0.4, -0.2) is 62.2 Å². The number of furan rings is 1. The Kier molecular flexibility index (Phi) is 7.10. The molecule has 0 unspecified atom stereocenters. The highest BCUT2D eigenvalue weighted by molar-refractivity contribution is 5.79. The van der Waals surface area contributed by atoms with Crippen LogP contribution in [0.2, 0.25) is 0 Å². The lowest BCUT2D eigenvalue weighted by atomic mass is 10.2. The van der Waals surface area contributed by atoms with Gasteiger partial charge in [-0.25, -0.2) is 4.98 Å². The molecule has 7 nitrogen and oxygen atoms in total. The van der Waals surface area contributed by atoms with E-state index in [0.29, 0.717) is 6.54 Å². The highest BCUT2D eigenvalue weighted by Gasteiger charge is 2.16. The van der Waals surface area contributed by atoms with Gasteiger partial charge < -0.3 is 24.9 Å². The third kappa shape index (κ3) is 5.72. The minimum Gasteiger partial charge on any atom is -0.469 e. The molecule has 7 heteroatoms. The summed E-state index contributed by atoms with van der Waals surface area (Å²) in [5.74, 6) is 2.81. The Bertz CT molecular complexity index is 690. The van der Waals surface area contributed by atoms with E-state index >= 15 is 0 Å². The van der Waals surface area contributed by atoms with Crippen molar-refractivity contribution in [3.63, 3.8) is 0 Å². The number of nitrogens with one attached hydrogen (secondary N) is 2. The Balaban J connectivity index is 1.42. The predicted molar refractivity (Wildman–Crippen MR) is 109 cm³/mol. The average molecular weight is 371 g/mol. The van der Waals surface area contributed by atoms with E-state index < -0.39 is 0 Å². The molecule has 0 aliphatic carbocycles. The molecular weight excluding hydrogens is 340 g/mol. The van der Waals surface area contributed by atoms with Crippen molar-refractivity contribution in [1.29, 1.82) is 0 Å². The fourth-order valence-electron chi connectivity index (χ4n) is 3.17. The molecule has 0 atom stereocenters. The van der Waals surface area contributed by atoms with Gasteiger partial charge in [-0.3, -0.25) is 4.99 Å². The molecule has 0 aromatic carbocycles. The number of hydrogen-bond donors (Lipinski definition) is 2. The Morgan fingerprint density at radius 3 is 2.67 bits per heavy atom. The Hall–Kier alpha value is -2.54. The molecule has 2 N–H and O–H groups in total. The molecule has 1 saturated heterocycles. The second-order valence-electron chi connectivity index (χ2n) is 6.63. The maximum Gasteiger partial charge on any atom is 0.191 e. The van der Waals surface area contributed by atoms with Crippen molar-refractivity contribution in [2.24, 2.45) is 4.99 Å². The van der Waals surface area contributed by atoms with Crippen molar-refractivity contribution in [2.45, 2.75) is 19.9 Å². The molecule has 1 aliphatic rings. The highest BCUT2D eigenvalue weighted by atomic mass is 16.3. The molecule has 1 fully saturated rings. The molecule has 2 aromatic rings. The molecule has 3 heterocycles. The Morgan fingerprint density at radius 1 is 1.19 bits per heavy atom. The van der Waals surface area contributed by atoms with E-state index in [0.717, 1.165) is 68.8 Å². The quantitative estimate of drug-likeness (QED) is 0.571. The van der Waals surface area contributed by atoms with Crippen LogP contribution in [0.3, 0.4) is 0 Å². The van der Waals surface area contributed by atoms with E-state index in [1.165, 1.54) is 0 Å². The van der Waals surface area contributed by atoms with E-state index in [-0.39, 0.29) is 0 Å². The van der Waals surface area contributed by atoms with E-state index in [9.17, 15) is 0 Å². The van der Waals surface area contributed by atoms with Gasteiger partial charge in [-0.2, -0.15) is 0 Å². The summed E-state index contributed by atoms with van der Waals surface area (Å²) < 4.78 is 5.34. The molecule has 0 saturated carbocycles. The number of nitrogens with zero attached hydrogens (tertiary/aromatic N) is 4. The maximum absolute atomic E-state index is 5.34. The number of anilines is 1. The fraction of sp³-hybridized carbons (Fsp3) is 0.500. The van der Waals surface area contributed by atoms with Crippen LogP contribution in [0.4, 0.5) is 5.82 Å². The second-order valence-corrected chi connectivity index (χ2v) is 6.63. The van der Waals surface area contributed by atoms with Gasteiger partial charge in [-0.15, -0.1) is 0 Å².